The lowest BCUT2D eigenvalue weighted by Crippen LogP contribution is -1.94. The van der Waals surface area contributed by atoms with E-state index >= 15 is 0 Å². The van der Waals surface area contributed by atoms with Crippen LogP contribution in [0.2, 0.25) is 0 Å². The van der Waals surface area contributed by atoms with Crippen molar-refractivity contribution in [3.05, 3.63) is 53.6 Å². The van der Waals surface area contributed by atoms with E-state index in [9.17, 15) is 9.90 Å². The average Bonchev–Trinajstić information content (AvgIpc) is 2.50. The molecule has 21 heavy (non-hydrogen) atoms. The van der Waals surface area contributed by atoms with E-state index in [1.165, 1.54) is 13.0 Å². The molecule has 0 amide bonds. The van der Waals surface area contributed by atoms with Crippen molar-refractivity contribution in [3.8, 4) is 0 Å². The van der Waals surface area contributed by atoms with Crippen molar-refractivity contribution in [2.24, 2.45) is 0 Å². The van der Waals surface area contributed by atoms with Gasteiger partial charge < -0.3 is 5.11 Å². The van der Waals surface area contributed by atoms with Crippen LogP contribution in [-0.4, -0.2) is 20.9 Å². The highest BCUT2D eigenvalue weighted by molar-refractivity contribution is 5.96. The lowest BCUT2D eigenvalue weighted by molar-refractivity contribution is -0.112. The Hall–Kier alpha value is -2.59. The topological polar surface area (TPSA) is 63.1 Å². The summed E-state index contributed by atoms with van der Waals surface area (Å²) in [6.07, 6.45) is 3.27. The van der Waals surface area contributed by atoms with Crippen molar-refractivity contribution in [2.75, 3.05) is 0 Å². The number of para-hydroxylation sites is 2. The number of hydrogen-bond donors (Lipinski definition) is 1. The molecule has 3 aromatic rings. The van der Waals surface area contributed by atoms with Crippen LogP contribution in [0.25, 0.3) is 28.1 Å². The summed E-state index contributed by atoms with van der Waals surface area (Å²) in [5, 5.41) is 9.39. The number of fused-ring (bicyclic) bond motifs is 2. The second-order valence-corrected chi connectivity index (χ2v) is 4.83. The summed E-state index contributed by atoms with van der Waals surface area (Å²) in [6.45, 7) is 1.44. The molecule has 104 valence electrons. The molecule has 3 rings (SSSR count). The first-order valence-electron chi connectivity index (χ1n) is 6.67. The zero-order chi connectivity index (χ0) is 14.8. The first kappa shape index (κ1) is 13.4. The molecule has 0 saturated carbocycles. The van der Waals surface area contributed by atoms with Crippen LogP contribution in [0.5, 0.6) is 0 Å². The van der Waals surface area contributed by atoms with Crippen LogP contribution in [0.3, 0.4) is 0 Å². The number of aliphatic hydroxyl groups is 1. The highest BCUT2D eigenvalue weighted by Gasteiger charge is 2.07. The minimum Gasteiger partial charge on any atom is -0.392 e. The zero-order valence-corrected chi connectivity index (χ0v) is 11.6. The van der Waals surface area contributed by atoms with Gasteiger partial charge in [-0.3, -0.25) is 4.79 Å². The van der Waals surface area contributed by atoms with Crippen LogP contribution in [0.4, 0.5) is 0 Å². The Morgan fingerprint density at radius 1 is 1.10 bits per heavy atom. The number of ketones is 1. The van der Waals surface area contributed by atoms with E-state index < -0.39 is 0 Å². The van der Waals surface area contributed by atoms with Crippen molar-refractivity contribution in [1.82, 2.24) is 9.97 Å². The number of benzene rings is 2. The summed E-state index contributed by atoms with van der Waals surface area (Å²) in [5.74, 6) is -0.0108. The lowest BCUT2D eigenvalue weighted by Gasteiger charge is -2.06. The molecule has 4 heteroatoms. The fraction of sp³-hybridized carbons (Fsp3) is 0.118. The number of rotatable bonds is 3. The second-order valence-electron chi connectivity index (χ2n) is 4.83. The first-order valence-corrected chi connectivity index (χ1v) is 6.67. The van der Waals surface area contributed by atoms with Gasteiger partial charge in [-0.1, -0.05) is 24.3 Å². The number of aromatic nitrogens is 2. The first-order chi connectivity index (χ1) is 10.2. The van der Waals surface area contributed by atoms with E-state index in [0.29, 0.717) is 5.52 Å². The third-order valence-electron chi connectivity index (χ3n) is 3.28. The van der Waals surface area contributed by atoms with Crippen molar-refractivity contribution in [2.45, 2.75) is 13.5 Å². The average molecular weight is 278 g/mol. The van der Waals surface area contributed by atoms with Gasteiger partial charge in [0.15, 0.2) is 5.78 Å². The fourth-order valence-electron chi connectivity index (χ4n) is 2.27. The molecule has 0 bridgehead atoms. The summed E-state index contributed by atoms with van der Waals surface area (Å²) in [6, 6.07) is 11.2. The Morgan fingerprint density at radius 2 is 1.76 bits per heavy atom. The Labute approximate surface area is 121 Å². The van der Waals surface area contributed by atoms with E-state index in [1.807, 2.05) is 36.4 Å². The van der Waals surface area contributed by atoms with E-state index in [0.717, 1.165) is 27.7 Å². The Balaban J connectivity index is 2.30. The minimum absolute atomic E-state index is 0.0108. The fourth-order valence-corrected chi connectivity index (χ4v) is 2.27. The highest BCUT2D eigenvalue weighted by atomic mass is 16.3. The summed E-state index contributed by atoms with van der Waals surface area (Å²) < 4.78 is 0. The molecule has 0 fully saturated rings. The molecule has 0 unspecified atom stereocenters. The molecule has 1 heterocycles. The monoisotopic (exact) mass is 278 g/mol. The van der Waals surface area contributed by atoms with Gasteiger partial charge in [0, 0.05) is 11.1 Å². The van der Waals surface area contributed by atoms with Gasteiger partial charge in [-0.15, -0.1) is 0 Å². The van der Waals surface area contributed by atoms with Crippen LogP contribution in [-0.2, 0) is 11.4 Å². The maximum Gasteiger partial charge on any atom is 0.152 e. The highest BCUT2D eigenvalue weighted by Crippen LogP contribution is 2.22. The van der Waals surface area contributed by atoms with E-state index in [1.54, 1.807) is 6.08 Å². The summed E-state index contributed by atoms with van der Waals surface area (Å²) >= 11 is 0. The Kier molecular flexibility index (Phi) is 3.46. The molecule has 0 radical (unpaired) electrons. The summed E-state index contributed by atoms with van der Waals surface area (Å²) in [4.78, 5) is 20.3. The van der Waals surface area contributed by atoms with Gasteiger partial charge in [-0.2, -0.15) is 0 Å². The van der Waals surface area contributed by atoms with E-state index in [-0.39, 0.29) is 12.4 Å². The molecule has 0 spiro atoms. The molecular formula is C17H14N2O2. The summed E-state index contributed by atoms with van der Waals surface area (Å²) in [7, 11) is 0. The maximum atomic E-state index is 11.1. The second kappa shape index (κ2) is 5.42. The predicted molar refractivity (Wildman–Crippen MR) is 82.7 cm³/mol. The van der Waals surface area contributed by atoms with Crippen molar-refractivity contribution in [1.29, 1.82) is 0 Å². The van der Waals surface area contributed by atoms with E-state index in [2.05, 4.69) is 9.97 Å². The van der Waals surface area contributed by atoms with Crippen LogP contribution in [0, 0.1) is 0 Å². The van der Waals surface area contributed by atoms with Gasteiger partial charge in [0.25, 0.3) is 0 Å². The van der Waals surface area contributed by atoms with Crippen LogP contribution < -0.4 is 0 Å². The molecule has 0 aliphatic carbocycles. The molecule has 4 nitrogen and oxygen atoms in total. The Bertz CT molecular complexity index is 869. The summed E-state index contributed by atoms with van der Waals surface area (Å²) in [5.41, 5.74) is 4.54. The van der Waals surface area contributed by atoms with E-state index in [4.69, 9.17) is 0 Å². The van der Waals surface area contributed by atoms with Crippen LogP contribution >= 0.6 is 0 Å². The molecule has 1 aromatic heterocycles. The third kappa shape index (κ3) is 2.53. The van der Waals surface area contributed by atoms with Gasteiger partial charge in [0.1, 0.15) is 0 Å². The number of allylic oxidation sites excluding steroid dienone is 1. The van der Waals surface area contributed by atoms with Crippen LogP contribution in [0.1, 0.15) is 18.1 Å². The van der Waals surface area contributed by atoms with Gasteiger partial charge in [0.2, 0.25) is 0 Å². The standard InChI is InChI=1S/C17H14N2O2/c1-11(21)8-9-12-4-2-6-14-16(12)18-15-7-3-5-13(10-20)17(15)19-14/h2-9,20H,10H2,1H3/b9-8+. The number of nitrogens with zero attached hydrogens (tertiary/aromatic N) is 2. The molecular weight excluding hydrogens is 264 g/mol. The lowest BCUT2D eigenvalue weighted by atomic mass is 10.1. The Morgan fingerprint density at radius 3 is 2.48 bits per heavy atom. The number of carbonyl (C=O) groups is 1. The predicted octanol–water partition coefficient (Wildman–Crippen LogP) is 2.88. The molecule has 0 saturated heterocycles. The van der Waals surface area contributed by atoms with Crippen molar-refractivity contribution in [3.63, 3.8) is 0 Å². The molecule has 0 aliphatic heterocycles. The quantitative estimate of drug-likeness (QED) is 0.591. The SMILES string of the molecule is CC(=O)/C=C/c1cccc2nc3c(CO)cccc3nc12. The number of aliphatic hydroxyl groups excluding tert-OH is 1. The van der Waals surface area contributed by atoms with Crippen molar-refractivity contribution >= 4 is 33.9 Å². The molecule has 1 N–H and O–H groups in total. The normalized spacial score (nSPS) is 11.5. The van der Waals surface area contributed by atoms with Gasteiger partial charge in [0.05, 0.1) is 28.7 Å². The maximum absolute atomic E-state index is 11.1. The zero-order valence-electron chi connectivity index (χ0n) is 11.6. The minimum atomic E-state index is -0.0680. The van der Waals surface area contributed by atoms with Crippen LogP contribution in [0.15, 0.2) is 42.5 Å². The number of hydrogen-bond acceptors (Lipinski definition) is 4. The third-order valence-corrected chi connectivity index (χ3v) is 3.28. The smallest absolute Gasteiger partial charge is 0.152 e. The largest absolute Gasteiger partial charge is 0.392 e. The molecule has 0 aliphatic rings. The van der Waals surface area contributed by atoms with Gasteiger partial charge >= 0.3 is 0 Å². The van der Waals surface area contributed by atoms with Gasteiger partial charge in [-0.05, 0) is 31.2 Å². The van der Waals surface area contributed by atoms with Gasteiger partial charge in [-0.25, -0.2) is 9.97 Å². The molecule has 2 aromatic carbocycles. The van der Waals surface area contributed by atoms with Crippen molar-refractivity contribution < 1.29 is 9.90 Å². The number of carbonyl (C=O) groups excluding carboxylic acids is 1. The molecule has 0 atom stereocenters.